The molecule has 0 heterocycles. The molecule has 0 aliphatic carbocycles. The molecule has 19 heavy (non-hydrogen) atoms. The van der Waals surface area contributed by atoms with E-state index < -0.39 is 4.92 Å². The van der Waals surface area contributed by atoms with E-state index in [9.17, 15) is 14.9 Å². The Kier molecular flexibility index (Phi) is 3.97. The van der Waals surface area contributed by atoms with Crippen LogP contribution in [0.15, 0.2) is 52.3 Å². The van der Waals surface area contributed by atoms with Crippen molar-refractivity contribution in [1.82, 2.24) is 0 Å². The molecule has 0 fully saturated rings. The summed E-state index contributed by atoms with van der Waals surface area (Å²) in [6.45, 7) is 1.98. The predicted molar refractivity (Wildman–Crippen MR) is 73.8 cm³/mol. The lowest BCUT2D eigenvalue weighted by Crippen LogP contribution is -1.92. The van der Waals surface area contributed by atoms with Gasteiger partial charge in [-0.3, -0.25) is 14.9 Å². The highest BCUT2D eigenvalue weighted by Gasteiger charge is 2.15. The third kappa shape index (κ3) is 3.20. The minimum atomic E-state index is -0.469. The smallest absolute Gasteiger partial charge is 0.283 e. The van der Waals surface area contributed by atoms with Crippen molar-refractivity contribution in [3.8, 4) is 0 Å². The zero-order valence-corrected chi connectivity index (χ0v) is 11.0. The summed E-state index contributed by atoms with van der Waals surface area (Å²) >= 11 is 1.31. The van der Waals surface area contributed by atoms with Crippen molar-refractivity contribution in [2.24, 2.45) is 0 Å². The number of aldehydes is 1. The topological polar surface area (TPSA) is 60.2 Å². The number of carbonyl (C=O) groups is 1. The van der Waals surface area contributed by atoms with Gasteiger partial charge in [0.15, 0.2) is 0 Å². The van der Waals surface area contributed by atoms with Gasteiger partial charge < -0.3 is 0 Å². The molecule has 0 saturated carbocycles. The predicted octanol–water partition coefficient (Wildman–Crippen LogP) is 3.87. The number of benzene rings is 2. The summed E-state index contributed by atoms with van der Waals surface area (Å²) in [4.78, 5) is 22.7. The summed E-state index contributed by atoms with van der Waals surface area (Å²) in [6.07, 6.45) is 0.604. The zero-order chi connectivity index (χ0) is 13.8. The molecule has 2 rings (SSSR count). The molecule has 0 amide bonds. The molecule has 2 aromatic rings. The highest BCUT2D eigenvalue weighted by atomic mass is 32.2. The number of nitro groups is 1. The van der Waals surface area contributed by atoms with Gasteiger partial charge in [-0.2, -0.15) is 0 Å². The molecule has 0 atom stereocenters. The van der Waals surface area contributed by atoms with Gasteiger partial charge in [-0.15, -0.1) is 0 Å². The molecule has 0 aromatic heterocycles. The summed E-state index contributed by atoms with van der Waals surface area (Å²) in [6, 6.07) is 12.2. The molecule has 0 radical (unpaired) electrons. The number of carbonyl (C=O) groups excluding carboxylic acids is 1. The maximum absolute atomic E-state index is 11.0. The molecule has 2 aromatic carbocycles. The van der Waals surface area contributed by atoms with Crippen LogP contribution in [-0.2, 0) is 0 Å². The van der Waals surface area contributed by atoms with E-state index in [1.54, 1.807) is 12.1 Å². The van der Waals surface area contributed by atoms with E-state index in [1.807, 2.05) is 31.2 Å². The maximum Gasteiger partial charge on any atom is 0.283 e. The largest absolute Gasteiger partial charge is 0.298 e. The summed E-state index contributed by atoms with van der Waals surface area (Å²) in [5, 5.41) is 11.0. The minimum absolute atomic E-state index is 0.0461. The van der Waals surface area contributed by atoms with Gasteiger partial charge in [-0.05, 0) is 25.1 Å². The molecule has 0 spiro atoms. The first kappa shape index (κ1) is 13.3. The number of hydrogen-bond donors (Lipinski definition) is 0. The first-order valence-corrected chi connectivity index (χ1v) is 6.40. The summed E-state index contributed by atoms with van der Waals surface area (Å²) in [5.41, 5.74) is 1.39. The van der Waals surface area contributed by atoms with Gasteiger partial charge in [0.2, 0.25) is 0 Å². The molecular weight excluding hydrogens is 262 g/mol. The van der Waals surface area contributed by atoms with Crippen LogP contribution in [0.5, 0.6) is 0 Å². The lowest BCUT2D eigenvalue weighted by molar-refractivity contribution is -0.387. The van der Waals surface area contributed by atoms with Gasteiger partial charge in [0.1, 0.15) is 6.29 Å². The van der Waals surface area contributed by atoms with Crippen molar-refractivity contribution in [3.05, 3.63) is 63.7 Å². The Bertz CT molecular complexity index is 623. The highest BCUT2D eigenvalue weighted by molar-refractivity contribution is 7.99. The van der Waals surface area contributed by atoms with Crippen molar-refractivity contribution >= 4 is 23.7 Å². The van der Waals surface area contributed by atoms with Gasteiger partial charge in [-0.1, -0.05) is 35.5 Å². The molecule has 0 N–H and O–H groups in total. The monoisotopic (exact) mass is 273 g/mol. The minimum Gasteiger partial charge on any atom is -0.298 e. The third-order valence-corrected chi connectivity index (χ3v) is 3.64. The molecular formula is C14H11NO3S. The van der Waals surface area contributed by atoms with E-state index in [0.717, 1.165) is 10.5 Å². The van der Waals surface area contributed by atoms with E-state index in [1.165, 1.54) is 17.8 Å². The summed E-state index contributed by atoms with van der Waals surface area (Å²) < 4.78 is 0. The first-order chi connectivity index (χ1) is 9.10. The average Bonchev–Trinajstić information content (AvgIpc) is 2.41. The Hall–Kier alpha value is -2.14. The molecule has 0 aliphatic heterocycles. The second-order valence-corrected chi connectivity index (χ2v) is 5.13. The van der Waals surface area contributed by atoms with Crippen LogP contribution in [0.1, 0.15) is 15.9 Å². The van der Waals surface area contributed by atoms with E-state index in [2.05, 4.69) is 0 Å². The Balaban J connectivity index is 2.36. The normalized spacial score (nSPS) is 10.2. The van der Waals surface area contributed by atoms with Crippen LogP contribution in [0, 0.1) is 17.0 Å². The van der Waals surface area contributed by atoms with Crippen LogP contribution >= 0.6 is 11.8 Å². The van der Waals surface area contributed by atoms with Gasteiger partial charge in [0, 0.05) is 16.5 Å². The maximum atomic E-state index is 11.0. The van der Waals surface area contributed by atoms with E-state index in [-0.39, 0.29) is 5.69 Å². The summed E-state index contributed by atoms with van der Waals surface area (Å²) in [7, 11) is 0. The molecule has 0 unspecified atom stereocenters. The van der Waals surface area contributed by atoms with Gasteiger partial charge in [0.05, 0.1) is 9.82 Å². The third-order valence-electron chi connectivity index (χ3n) is 2.56. The van der Waals surface area contributed by atoms with Crippen LogP contribution in [0.2, 0.25) is 0 Å². The van der Waals surface area contributed by atoms with E-state index >= 15 is 0 Å². The molecule has 5 heteroatoms. The highest BCUT2D eigenvalue weighted by Crippen LogP contribution is 2.35. The van der Waals surface area contributed by atoms with Crippen LogP contribution in [0.25, 0.3) is 0 Å². The number of aryl methyl sites for hydroxylation is 1. The molecule has 96 valence electrons. The van der Waals surface area contributed by atoms with E-state index in [0.29, 0.717) is 16.7 Å². The Morgan fingerprint density at radius 3 is 2.42 bits per heavy atom. The van der Waals surface area contributed by atoms with Crippen LogP contribution < -0.4 is 0 Å². The van der Waals surface area contributed by atoms with Gasteiger partial charge in [0.25, 0.3) is 5.69 Å². The lowest BCUT2D eigenvalue weighted by atomic mass is 10.2. The van der Waals surface area contributed by atoms with Crippen molar-refractivity contribution in [1.29, 1.82) is 0 Å². The zero-order valence-electron chi connectivity index (χ0n) is 10.2. The molecule has 0 aliphatic rings. The van der Waals surface area contributed by atoms with Gasteiger partial charge >= 0.3 is 0 Å². The summed E-state index contributed by atoms with van der Waals surface area (Å²) in [5.74, 6) is 0. The Labute approximate surface area is 114 Å². The Morgan fingerprint density at radius 2 is 1.84 bits per heavy atom. The van der Waals surface area contributed by atoms with Crippen molar-refractivity contribution in [3.63, 3.8) is 0 Å². The number of hydrogen-bond acceptors (Lipinski definition) is 4. The second kappa shape index (κ2) is 5.67. The molecule has 0 bridgehead atoms. The fraction of sp³-hybridized carbons (Fsp3) is 0.0714. The Morgan fingerprint density at radius 1 is 1.16 bits per heavy atom. The van der Waals surface area contributed by atoms with Crippen LogP contribution in [0.3, 0.4) is 0 Å². The fourth-order valence-corrected chi connectivity index (χ4v) is 2.47. The molecule has 0 saturated heterocycles. The lowest BCUT2D eigenvalue weighted by Gasteiger charge is -2.04. The number of rotatable bonds is 4. The first-order valence-electron chi connectivity index (χ1n) is 5.58. The second-order valence-electron chi connectivity index (χ2n) is 4.02. The average molecular weight is 273 g/mol. The van der Waals surface area contributed by atoms with Crippen molar-refractivity contribution in [2.45, 2.75) is 16.7 Å². The van der Waals surface area contributed by atoms with Gasteiger partial charge in [-0.25, -0.2) is 0 Å². The molecule has 4 nitrogen and oxygen atoms in total. The van der Waals surface area contributed by atoms with Crippen molar-refractivity contribution in [2.75, 3.05) is 0 Å². The fourth-order valence-electron chi connectivity index (χ4n) is 1.57. The number of nitro benzene ring substituents is 1. The quantitative estimate of drug-likeness (QED) is 0.482. The van der Waals surface area contributed by atoms with Crippen molar-refractivity contribution < 1.29 is 9.72 Å². The van der Waals surface area contributed by atoms with Crippen LogP contribution in [0.4, 0.5) is 5.69 Å². The van der Waals surface area contributed by atoms with Crippen LogP contribution in [-0.4, -0.2) is 11.2 Å². The SMILES string of the molecule is Cc1ccc(Sc2ccc(C=O)cc2[N+](=O)[O-])cc1. The number of nitrogens with zero attached hydrogens (tertiary/aromatic N) is 1. The standard InChI is InChI=1S/C14H11NO3S/c1-10-2-5-12(6-3-10)19-14-7-4-11(9-16)8-13(14)15(17)18/h2-9H,1H3. The van der Waals surface area contributed by atoms with E-state index in [4.69, 9.17) is 0 Å².